The number of carbonyl (C=O) groups is 1. The van der Waals surface area contributed by atoms with E-state index in [4.69, 9.17) is 11.6 Å². The minimum absolute atomic E-state index is 0.248. The van der Waals surface area contributed by atoms with Crippen molar-refractivity contribution in [2.45, 2.75) is 46.1 Å². The first-order valence-corrected chi connectivity index (χ1v) is 10.5. The molecule has 146 valence electrons. The summed E-state index contributed by atoms with van der Waals surface area (Å²) in [6.07, 6.45) is 2.91. The summed E-state index contributed by atoms with van der Waals surface area (Å²) in [7, 11) is 0. The third-order valence-corrected chi connectivity index (χ3v) is 6.88. The van der Waals surface area contributed by atoms with E-state index in [1.165, 1.54) is 9.56 Å². The highest BCUT2D eigenvalue weighted by Crippen LogP contribution is 2.35. The van der Waals surface area contributed by atoms with Crippen LogP contribution in [0.3, 0.4) is 0 Å². The molecule has 0 bridgehead atoms. The lowest BCUT2D eigenvalue weighted by atomic mass is 9.89. The quantitative estimate of drug-likeness (QED) is 0.696. The summed E-state index contributed by atoms with van der Waals surface area (Å²) in [4.78, 5) is 27.7. The van der Waals surface area contributed by atoms with Crippen molar-refractivity contribution in [3.63, 3.8) is 0 Å². The Morgan fingerprint density at radius 3 is 2.96 bits per heavy atom. The van der Waals surface area contributed by atoms with Crippen molar-refractivity contribution in [2.24, 2.45) is 5.92 Å². The summed E-state index contributed by atoms with van der Waals surface area (Å²) in [6, 6.07) is 4.51. The van der Waals surface area contributed by atoms with Crippen LogP contribution in [0.1, 0.15) is 42.3 Å². The van der Waals surface area contributed by atoms with Gasteiger partial charge in [0, 0.05) is 15.6 Å². The molecule has 0 aliphatic heterocycles. The molecule has 2 atom stereocenters. The standard InChI is InChI=1S/C20H21ClN4O2S/c1-10-4-7-14-16(8-10)28-19-17(14)20(27)25(24-23-19)12(3)18(26)22-13-6-5-11(2)15(21)9-13/h5-6,9-10,12H,4,7-8H2,1-3H3,(H,22,26)/t10-,12+/m0/s1. The van der Waals surface area contributed by atoms with Gasteiger partial charge in [0.25, 0.3) is 5.56 Å². The zero-order valence-corrected chi connectivity index (χ0v) is 17.5. The van der Waals surface area contributed by atoms with Crippen molar-refractivity contribution < 1.29 is 4.79 Å². The molecular weight excluding hydrogens is 396 g/mol. The van der Waals surface area contributed by atoms with Gasteiger partial charge in [0.15, 0.2) is 4.83 Å². The Labute approximate surface area is 171 Å². The van der Waals surface area contributed by atoms with Gasteiger partial charge in [-0.15, -0.1) is 16.4 Å². The summed E-state index contributed by atoms with van der Waals surface area (Å²) < 4.78 is 1.18. The van der Waals surface area contributed by atoms with E-state index < -0.39 is 6.04 Å². The van der Waals surface area contributed by atoms with E-state index in [0.29, 0.717) is 26.8 Å². The fourth-order valence-corrected chi connectivity index (χ4v) is 5.05. The van der Waals surface area contributed by atoms with Crippen molar-refractivity contribution in [2.75, 3.05) is 5.32 Å². The second-order valence-electron chi connectivity index (χ2n) is 7.50. The number of nitrogens with one attached hydrogen (secondary N) is 1. The van der Waals surface area contributed by atoms with Gasteiger partial charge in [-0.3, -0.25) is 9.59 Å². The van der Waals surface area contributed by atoms with Gasteiger partial charge in [0.2, 0.25) is 5.91 Å². The molecule has 2 heterocycles. The molecule has 8 heteroatoms. The molecule has 0 saturated heterocycles. The lowest BCUT2D eigenvalue weighted by Gasteiger charge is -2.17. The lowest BCUT2D eigenvalue weighted by molar-refractivity contribution is -0.119. The number of anilines is 1. The molecule has 0 unspecified atom stereocenters. The van der Waals surface area contributed by atoms with Crippen molar-refractivity contribution >= 4 is 44.7 Å². The van der Waals surface area contributed by atoms with Crippen LogP contribution in [0.5, 0.6) is 0 Å². The number of carbonyl (C=O) groups excluding carboxylic acids is 1. The number of hydrogen-bond donors (Lipinski definition) is 1. The molecule has 28 heavy (non-hydrogen) atoms. The second kappa shape index (κ2) is 7.29. The topological polar surface area (TPSA) is 76.9 Å². The maximum Gasteiger partial charge on any atom is 0.279 e. The largest absolute Gasteiger partial charge is 0.324 e. The second-order valence-corrected chi connectivity index (χ2v) is 8.99. The molecule has 1 aliphatic carbocycles. The van der Waals surface area contributed by atoms with Gasteiger partial charge < -0.3 is 5.32 Å². The van der Waals surface area contributed by atoms with Crippen LogP contribution in [-0.2, 0) is 17.6 Å². The van der Waals surface area contributed by atoms with E-state index in [0.717, 1.165) is 30.4 Å². The SMILES string of the molecule is Cc1ccc(NC(=O)[C@@H](C)n2nnc3sc4c(c3c2=O)CC[C@H](C)C4)cc1Cl. The minimum Gasteiger partial charge on any atom is -0.324 e. The van der Waals surface area contributed by atoms with Crippen LogP contribution in [0.15, 0.2) is 23.0 Å². The van der Waals surface area contributed by atoms with Crippen LogP contribution < -0.4 is 10.9 Å². The summed E-state index contributed by atoms with van der Waals surface area (Å²) in [6.45, 7) is 5.76. The molecule has 6 nitrogen and oxygen atoms in total. The molecule has 2 aromatic heterocycles. The van der Waals surface area contributed by atoms with Crippen molar-refractivity contribution in [3.8, 4) is 0 Å². The summed E-state index contributed by atoms with van der Waals surface area (Å²) in [5.41, 5.74) is 2.35. The highest BCUT2D eigenvalue weighted by Gasteiger charge is 2.26. The first-order chi connectivity index (χ1) is 13.3. The Morgan fingerprint density at radius 1 is 1.43 bits per heavy atom. The minimum atomic E-state index is -0.789. The number of halogens is 1. The molecule has 3 aromatic rings. The van der Waals surface area contributed by atoms with Crippen LogP contribution in [-0.4, -0.2) is 20.9 Å². The lowest BCUT2D eigenvalue weighted by Crippen LogP contribution is -2.34. The summed E-state index contributed by atoms with van der Waals surface area (Å²) >= 11 is 7.67. The summed E-state index contributed by atoms with van der Waals surface area (Å²) in [5, 5.41) is 12.3. The van der Waals surface area contributed by atoms with E-state index in [-0.39, 0.29) is 11.5 Å². The molecule has 1 amide bonds. The van der Waals surface area contributed by atoms with Crippen molar-refractivity contribution in [1.29, 1.82) is 0 Å². The monoisotopic (exact) mass is 416 g/mol. The van der Waals surface area contributed by atoms with Gasteiger partial charge in [-0.2, -0.15) is 4.68 Å². The highest BCUT2D eigenvalue weighted by atomic mass is 35.5. The first-order valence-electron chi connectivity index (χ1n) is 9.32. The van der Waals surface area contributed by atoms with Gasteiger partial charge in [0.1, 0.15) is 6.04 Å². The molecule has 1 aliphatic rings. The molecule has 0 spiro atoms. The Hall–Kier alpha value is -2.25. The van der Waals surface area contributed by atoms with Crippen LogP contribution in [0, 0.1) is 12.8 Å². The first kappa shape index (κ1) is 19.1. The van der Waals surface area contributed by atoms with E-state index in [2.05, 4.69) is 22.6 Å². The number of aromatic nitrogens is 3. The van der Waals surface area contributed by atoms with E-state index in [9.17, 15) is 9.59 Å². The average molecular weight is 417 g/mol. The van der Waals surface area contributed by atoms with Gasteiger partial charge in [0.05, 0.1) is 5.39 Å². The normalized spacial score (nSPS) is 17.4. The molecule has 0 fully saturated rings. The van der Waals surface area contributed by atoms with Gasteiger partial charge in [-0.05, 0) is 62.3 Å². The van der Waals surface area contributed by atoms with Crippen LogP contribution >= 0.6 is 22.9 Å². The molecular formula is C20H21ClN4O2S. The van der Waals surface area contributed by atoms with E-state index in [1.54, 1.807) is 30.4 Å². The number of amides is 1. The predicted octanol–water partition coefficient (Wildman–Crippen LogP) is 4.14. The van der Waals surface area contributed by atoms with Crippen molar-refractivity contribution in [3.05, 3.63) is 49.6 Å². The zero-order valence-electron chi connectivity index (χ0n) is 16.0. The zero-order chi connectivity index (χ0) is 20.0. The van der Waals surface area contributed by atoms with Gasteiger partial charge in [-0.1, -0.05) is 29.8 Å². The molecule has 1 aromatic carbocycles. The number of benzene rings is 1. The Morgan fingerprint density at radius 2 is 2.21 bits per heavy atom. The fraction of sp³-hybridized carbons (Fsp3) is 0.400. The van der Waals surface area contributed by atoms with Gasteiger partial charge in [-0.25, -0.2) is 0 Å². The smallest absolute Gasteiger partial charge is 0.279 e. The fourth-order valence-electron chi connectivity index (χ4n) is 3.55. The van der Waals surface area contributed by atoms with Crippen LogP contribution in [0.25, 0.3) is 10.2 Å². The van der Waals surface area contributed by atoms with Crippen LogP contribution in [0.2, 0.25) is 5.02 Å². The number of rotatable bonds is 3. The highest BCUT2D eigenvalue weighted by molar-refractivity contribution is 7.18. The Kier molecular flexibility index (Phi) is 4.97. The number of fused-ring (bicyclic) bond motifs is 3. The maximum atomic E-state index is 13.1. The third-order valence-electron chi connectivity index (χ3n) is 5.33. The average Bonchev–Trinajstić information content (AvgIpc) is 3.02. The molecule has 0 radical (unpaired) electrons. The molecule has 1 N–H and O–H groups in total. The molecule has 0 saturated carbocycles. The predicted molar refractivity (Wildman–Crippen MR) is 112 cm³/mol. The van der Waals surface area contributed by atoms with Crippen LogP contribution in [0.4, 0.5) is 5.69 Å². The summed E-state index contributed by atoms with van der Waals surface area (Å²) in [5.74, 6) is 0.273. The number of aryl methyl sites for hydroxylation is 2. The van der Waals surface area contributed by atoms with Crippen molar-refractivity contribution in [1.82, 2.24) is 15.0 Å². The number of nitrogens with zero attached hydrogens (tertiary/aromatic N) is 3. The number of hydrogen-bond acceptors (Lipinski definition) is 5. The third kappa shape index (κ3) is 3.33. The number of thiophene rings is 1. The van der Waals surface area contributed by atoms with E-state index in [1.807, 2.05) is 13.0 Å². The van der Waals surface area contributed by atoms with E-state index >= 15 is 0 Å². The Balaban J connectivity index is 1.66. The Bertz CT molecular complexity index is 1140. The maximum absolute atomic E-state index is 13.1. The molecule has 4 rings (SSSR count). The van der Waals surface area contributed by atoms with Gasteiger partial charge >= 0.3 is 0 Å².